The first kappa shape index (κ1) is 10.5. The monoisotopic (exact) mass is 242 g/mol. The maximum atomic E-state index is 11.8. The van der Waals surface area contributed by atoms with Crippen LogP contribution in [-0.2, 0) is 0 Å². The first-order chi connectivity index (χ1) is 8.72. The van der Waals surface area contributed by atoms with Crippen molar-refractivity contribution in [3.63, 3.8) is 0 Å². The number of carbonyl (C=O) groups excluding carboxylic acids is 1. The van der Waals surface area contributed by atoms with Gasteiger partial charge in [-0.2, -0.15) is 10.1 Å². The number of aryl methyl sites for hydroxylation is 1. The van der Waals surface area contributed by atoms with Crippen molar-refractivity contribution in [3.05, 3.63) is 41.7 Å². The van der Waals surface area contributed by atoms with Crippen LogP contribution in [0.2, 0.25) is 0 Å². The van der Waals surface area contributed by atoms with Crippen LogP contribution in [0.4, 0.5) is 6.01 Å². The van der Waals surface area contributed by atoms with E-state index in [4.69, 9.17) is 4.42 Å². The summed E-state index contributed by atoms with van der Waals surface area (Å²) in [6, 6.07) is 9.12. The molecule has 0 aliphatic carbocycles. The van der Waals surface area contributed by atoms with E-state index in [9.17, 15) is 4.79 Å². The van der Waals surface area contributed by atoms with Crippen molar-refractivity contribution in [2.75, 3.05) is 5.32 Å². The van der Waals surface area contributed by atoms with E-state index in [0.717, 1.165) is 5.69 Å². The lowest BCUT2D eigenvalue weighted by molar-refractivity contribution is 0.101. The molecule has 3 aromatic rings. The summed E-state index contributed by atoms with van der Waals surface area (Å²) in [6.45, 7) is 1.82. The number of nitrogens with zero attached hydrogens (tertiary/aromatic N) is 2. The molecule has 0 saturated heterocycles. The molecule has 0 unspecified atom stereocenters. The van der Waals surface area contributed by atoms with E-state index >= 15 is 0 Å². The maximum absolute atomic E-state index is 11.8. The number of benzene rings is 1. The molecule has 0 fully saturated rings. The van der Waals surface area contributed by atoms with E-state index < -0.39 is 0 Å². The van der Waals surface area contributed by atoms with Gasteiger partial charge in [0, 0.05) is 5.69 Å². The number of H-pyrrole nitrogens is 1. The minimum atomic E-state index is -0.356. The summed E-state index contributed by atoms with van der Waals surface area (Å²) in [5.41, 5.74) is 2.45. The predicted octanol–water partition coefficient (Wildman–Crippen LogP) is 2.11. The lowest BCUT2D eigenvalue weighted by Crippen LogP contribution is -2.12. The highest BCUT2D eigenvalue weighted by atomic mass is 16.4. The predicted molar refractivity (Wildman–Crippen MR) is 65.3 cm³/mol. The summed E-state index contributed by atoms with van der Waals surface area (Å²) in [6.07, 6.45) is 0. The first-order valence-corrected chi connectivity index (χ1v) is 5.41. The highest BCUT2D eigenvalue weighted by Gasteiger charge is 2.13. The van der Waals surface area contributed by atoms with Crippen molar-refractivity contribution in [1.29, 1.82) is 0 Å². The van der Waals surface area contributed by atoms with Gasteiger partial charge < -0.3 is 4.42 Å². The second-order valence-corrected chi connectivity index (χ2v) is 3.88. The molecule has 18 heavy (non-hydrogen) atoms. The van der Waals surface area contributed by atoms with Crippen LogP contribution in [0.15, 0.2) is 34.7 Å². The molecule has 0 atom stereocenters. The van der Waals surface area contributed by atoms with E-state index in [1.165, 1.54) is 0 Å². The third kappa shape index (κ3) is 1.84. The van der Waals surface area contributed by atoms with Gasteiger partial charge in [0.15, 0.2) is 11.3 Å². The van der Waals surface area contributed by atoms with Crippen molar-refractivity contribution in [2.45, 2.75) is 6.92 Å². The van der Waals surface area contributed by atoms with E-state index in [1.807, 2.05) is 25.1 Å². The minimum absolute atomic E-state index is 0.168. The Morgan fingerprint density at radius 3 is 2.94 bits per heavy atom. The number of rotatable bonds is 2. The Labute approximate surface area is 102 Å². The van der Waals surface area contributed by atoms with E-state index in [1.54, 1.807) is 12.1 Å². The van der Waals surface area contributed by atoms with Crippen LogP contribution >= 0.6 is 0 Å². The summed E-state index contributed by atoms with van der Waals surface area (Å²) in [5.74, 6) is -0.356. The number of fused-ring (bicyclic) bond motifs is 1. The number of nitrogens with one attached hydrogen (secondary N) is 2. The highest BCUT2D eigenvalue weighted by molar-refractivity contribution is 6.02. The lowest BCUT2D eigenvalue weighted by Gasteiger charge is -1.95. The maximum Gasteiger partial charge on any atom is 0.302 e. The zero-order chi connectivity index (χ0) is 12.5. The van der Waals surface area contributed by atoms with Crippen LogP contribution < -0.4 is 5.32 Å². The van der Waals surface area contributed by atoms with Crippen LogP contribution in [0.3, 0.4) is 0 Å². The molecule has 6 heteroatoms. The van der Waals surface area contributed by atoms with Crippen LogP contribution in [0.1, 0.15) is 16.2 Å². The third-order valence-corrected chi connectivity index (χ3v) is 2.45. The summed E-state index contributed by atoms with van der Waals surface area (Å²) in [7, 11) is 0. The van der Waals surface area contributed by atoms with Crippen molar-refractivity contribution >= 4 is 23.0 Å². The Bertz CT molecular complexity index is 681. The fraction of sp³-hybridized carbons (Fsp3) is 0.0833. The van der Waals surface area contributed by atoms with Crippen molar-refractivity contribution in [2.24, 2.45) is 0 Å². The number of hydrogen-bond acceptors (Lipinski definition) is 4. The molecule has 0 radical (unpaired) electrons. The molecule has 0 spiro atoms. The standard InChI is InChI=1S/C12H10N4O2/c1-7-6-9(16-15-7)11(17)14-12-13-8-4-2-3-5-10(8)18-12/h2-6H,1H3,(H,15,16)(H,13,14,17). The molecule has 0 aliphatic heterocycles. The van der Waals surface area contributed by atoms with Crippen LogP contribution in [0.5, 0.6) is 0 Å². The molecule has 0 bridgehead atoms. The van der Waals surface area contributed by atoms with Gasteiger partial charge in [0.05, 0.1) is 0 Å². The zero-order valence-electron chi connectivity index (χ0n) is 9.60. The SMILES string of the molecule is Cc1cc(C(=O)Nc2nc3ccccc3o2)n[nH]1. The molecule has 1 amide bonds. The smallest absolute Gasteiger partial charge is 0.302 e. The molecule has 0 saturated carbocycles. The number of para-hydroxylation sites is 2. The second-order valence-electron chi connectivity index (χ2n) is 3.88. The molecule has 3 rings (SSSR count). The fourth-order valence-corrected chi connectivity index (χ4v) is 1.62. The molecular weight excluding hydrogens is 232 g/mol. The highest BCUT2D eigenvalue weighted by Crippen LogP contribution is 2.18. The van der Waals surface area contributed by atoms with Gasteiger partial charge >= 0.3 is 6.01 Å². The summed E-state index contributed by atoms with van der Waals surface area (Å²) in [5, 5.41) is 9.12. The molecule has 2 aromatic heterocycles. The number of anilines is 1. The van der Waals surface area contributed by atoms with E-state index in [2.05, 4.69) is 20.5 Å². The van der Waals surface area contributed by atoms with Gasteiger partial charge in [0.1, 0.15) is 5.52 Å². The Balaban J connectivity index is 1.86. The van der Waals surface area contributed by atoms with Gasteiger partial charge in [0.2, 0.25) is 0 Å². The second kappa shape index (κ2) is 3.99. The largest absolute Gasteiger partial charge is 0.423 e. The normalized spacial score (nSPS) is 10.7. The van der Waals surface area contributed by atoms with E-state index in [0.29, 0.717) is 16.8 Å². The summed E-state index contributed by atoms with van der Waals surface area (Å²) < 4.78 is 5.39. The number of carbonyl (C=O) groups is 1. The number of aromatic nitrogens is 3. The van der Waals surface area contributed by atoms with Gasteiger partial charge in [-0.3, -0.25) is 15.2 Å². The molecule has 1 aromatic carbocycles. The van der Waals surface area contributed by atoms with Gasteiger partial charge in [-0.1, -0.05) is 12.1 Å². The Hall–Kier alpha value is -2.63. The number of hydrogen-bond donors (Lipinski definition) is 2. The van der Waals surface area contributed by atoms with E-state index in [-0.39, 0.29) is 11.9 Å². The quantitative estimate of drug-likeness (QED) is 0.720. The van der Waals surface area contributed by atoms with Crippen molar-refractivity contribution in [1.82, 2.24) is 15.2 Å². The van der Waals surface area contributed by atoms with Gasteiger partial charge in [-0.15, -0.1) is 0 Å². The minimum Gasteiger partial charge on any atom is -0.423 e. The van der Waals surface area contributed by atoms with Gasteiger partial charge in [0.25, 0.3) is 5.91 Å². The van der Waals surface area contributed by atoms with Crippen molar-refractivity contribution < 1.29 is 9.21 Å². The average Bonchev–Trinajstić information content (AvgIpc) is 2.94. The van der Waals surface area contributed by atoms with Crippen molar-refractivity contribution in [3.8, 4) is 0 Å². The molecular formula is C12H10N4O2. The molecule has 90 valence electrons. The Morgan fingerprint density at radius 2 is 2.22 bits per heavy atom. The fourth-order valence-electron chi connectivity index (χ4n) is 1.62. The van der Waals surface area contributed by atoms with Gasteiger partial charge in [-0.05, 0) is 25.1 Å². The van der Waals surface area contributed by atoms with Crippen LogP contribution in [0, 0.1) is 6.92 Å². The third-order valence-electron chi connectivity index (χ3n) is 2.45. The molecule has 2 heterocycles. The van der Waals surface area contributed by atoms with Gasteiger partial charge in [-0.25, -0.2) is 0 Å². The number of aromatic amines is 1. The lowest BCUT2D eigenvalue weighted by atomic mass is 10.3. The molecule has 0 aliphatic rings. The zero-order valence-corrected chi connectivity index (χ0v) is 9.60. The van der Waals surface area contributed by atoms with Crippen LogP contribution in [-0.4, -0.2) is 21.1 Å². The first-order valence-electron chi connectivity index (χ1n) is 5.41. The Kier molecular flexibility index (Phi) is 2.33. The summed E-state index contributed by atoms with van der Waals surface area (Å²) >= 11 is 0. The van der Waals surface area contributed by atoms with Crippen LogP contribution in [0.25, 0.3) is 11.1 Å². The molecule has 2 N–H and O–H groups in total. The number of amides is 1. The summed E-state index contributed by atoms with van der Waals surface area (Å²) in [4.78, 5) is 16.0. The Morgan fingerprint density at radius 1 is 1.39 bits per heavy atom. The average molecular weight is 242 g/mol. The number of oxazole rings is 1. The molecule has 6 nitrogen and oxygen atoms in total. The topological polar surface area (TPSA) is 83.8 Å².